The Morgan fingerprint density at radius 3 is 2.71 bits per heavy atom. The number of carbonyl (C=O) groups is 1. The van der Waals surface area contributed by atoms with E-state index >= 15 is 0 Å². The third-order valence-electron chi connectivity index (χ3n) is 4.25. The second kappa shape index (κ2) is 7.04. The van der Waals surface area contributed by atoms with Gasteiger partial charge in [-0.25, -0.2) is 8.42 Å². The predicted octanol–water partition coefficient (Wildman–Crippen LogP) is 2.53. The van der Waals surface area contributed by atoms with Gasteiger partial charge in [-0.15, -0.1) is 11.3 Å². The van der Waals surface area contributed by atoms with Gasteiger partial charge in [0.2, 0.25) is 15.9 Å². The van der Waals surface area contributed by atoms with Crippen molar-refractivity contribution in [3.8, 4) is 0 Å². The highest BCUT2D eigenvalue weighted by Crippen LogP contribution is 2.26. The van der Waals surface area contributed by atoms with Crippen LogP contribution >= 0.6 is 11.3 Å². The van der Waals surface area contributed by atoms with Crippen molar-refractivity contribution in [1.29, 1.82) is 0 Å². The van der Waals surface area contributed by atoms with Crippen molar-refractivity contribution >= 4 is 27.3 Å². The Hall–Kier alpha value is -1.70. The lowest BCUT2D eigenvalue weighted by Crippen LogP contribution is -2.45. The summed E-state index contributed by atoms with van der Waals surface area (Å²) in [4.78, 5) is 13.9. The number of sulfonamides is 1. The molecule has 0 bridgehead atoms. The quantitative estimate of drug-likeness (QED) is 0.886. The van der Waals surface area contributed by atoms with Gasteiger partial charge in [-0.05, 0) is 48.9 Å². The van der Waals surface area contributed by atoms with E-state index in [1.807, 2.05) is 18.4 Å². The molecule has 1 aliphatic rings. The smallest absolute Gasteiger partial charge is 0.243 e. The molecule has 1 N–H and O–H groups in total. The molecular weight excluding hydrogens is 344 g/mol. The summed E-state index contributed by atoms with van der Waals surface area (Å²) in [6.07, 6.45) is 1.25. The number of hydrogen-bond donors (Lipinski definition) is 1. The summed E-state index contributed by atoms with van der Waals surface area (Å²) in [6.45, 7) is 2.82. The second-order valence-corrected chi connectivity index (χ2v) is 8.72. The maximum absolute atomic E-state index is 12.8. The van der Waals surface area contributed by atoms with Crippen molar-refractivity contribution in [1.82, 2.24) is 9.62 Å². The number of hydrogen-bond acceptors (Lipinski definition) is 4. The van der Waals surface area contributed by atoms with Crippen LogP contribution in [0.15, 0.2) is 46.7 Å². The molecule has 128 valence electrons. The summed E-state index contributed by atoms with van der Waals surface area (Å²) in [5.74, 6) is -0.222. The van der Waals surface area contributed by atoms with Crippen molar-refractivity contribution in [3.05, 3.63) is 52.2 Å². The molecule has 3 rings (SSSR count). The highest BCUT2D eigenvalue weighted by molar-refractivity contribution is 7.89. The summed E-state index contributed by atoms with van der Waals surface area (Å²) < 4.78 is 26.9. The van der Waals surface area contributed by atoms with Crippen molar-refractivity contribution in [3.63, 3.8) is 0 Å². The van der Waals surface area contributed by atoms with Gasteiger partial charge < -0.3 is 5.32 Å². The van der Waals surface area contributed by atoms with Crippen LogP contribution in [0.2, 0.25) is 0 Å². The van der Waals surface area contributed by atoms with E-state index in [4.69, 9.17) is 0 Å². The lowest BCUT2D eigenvalue weighted by molar-refractivity contribution is -0.124. The maximum atomic E-state index is 12.8. The van der Waals surface area contributed by atoms with E-state index in [0.717, 1.165) is 10.4 Å². The number of nitrogens with zero attached hydrogens (tertiary/aromatic N) is 1. The standard InChI is InChI=1S/C17H20N2O3S2/c1-13-9-11-23-16(13)12-18-17(20)15-8-5-10-19(15)24(21,22)14-6-3-2-4-7-14/h2-4,6-7,9,11,15H,5,8,10,12H2,1H3,(H,18,20). The molecule has 24 heavy (non-hydrogen) atoms. The first-order valence-electron chi connectivity index (χ1n) is 7.88. The van der Waals surface area contributed by atoms with Crippen LogP contribution in [0, 0.1) is 6.92 Å². The van der Waals surface area contributed by atoms with E-state index < -0.39 is 16.1 Å². The van der Waals surface area contributed by atoms with Crippen LogP contribution in [0.1, 0.15) is 23.3 Å². The van der Waals surface area contributed by atoms with Crippen LogP contribution in [0.4, 0.5) is 0 Å². The Kier molecular flexibility index (Phi) is 5.03. The molecule has 1 saturated heterocycles. The van der Waals surface area contributed by atoms with Crippen LogP contribution in [0.25, 0.3) is 0 Å². The van der Waals surface area contributed by atoms with Gasteiger partial charge in [-0.2, -0.15) is 4.31 Å². The van der Waals surface area contributed by atoms with Crippen LogP contribution in [0.3, 0.4) is 0 Å². The van der Waals surface area contributed by atoms with Crippen molar-refractivity contribution < 1.29 is 13.2 Å². The minimum Gasteiger partial charge on any atom is -0.350 e. The Balaban J connectivity index is 1.73. The van der Waals surface area contributed by atoms with Gasteiger partial charge in [0.05, 0.1) is 11.4 Å². The molecule has 7 heteroatoms. The van der Waals surface area contributed by atoms with E-state index in [0.29, 0.717) is 25.9 Å². The number of aryl methyl sites for hydroxylation is 1. The molecule has 0 radical (unpaired) electrons. The van der Waals surface area contributed by atoms with Gasteiger partial charge in [0.25, 0.3) is 0 Å². The highest BCUT2D eigenvalue weighted by Gasteiger charge is 2.39. The monoisotopic (exact) mass is 364 g/mol. The fourth-order valence-electron chi connectivity index (χ4n) is 2.89. The normalized spacial score (nSPS) is 18.6. The maximum Gasteiger partial charge on any atom is 0.243 e. The number of carbonyl (C=O) groups excluding carboxylic acids is 1. The summed E-state index contributed by atoms with van der Waals surface area (Å²) in [5.41, 5.74) is 1.14. The molecule has 0 saturated carbocycles. The predicted molar refractivity (Wildman–Crippen MR) is 94.3 cm³/mol. The number of rotatable bonds is 5. The van der Waals surface area contributed by atoms with Crippen molar-refractivity contribution in [2.45, 2.75) is 37.2 Å². The first kappa shape index (κ1) is 17.1. The molecule has 1 fully saturated rings. The number of nitrogens with one attached hydrogen (secondary N) is 1. The van der Waals surface area contributed by atoms with Crippen LogP contribution < -0.4 is 5.32 Å². The van der Waals surface area contributed by atoms with Gasteiger partial charge in [-0.3, -0.25) is 4.79 Å². The molecule has 2 aromatic rings. The Morgan fingerprint density at radius 2 is 2.04 bits per heavy atom. The minimum absolute atomic E-state index is 0.222. The van der Waals surface area contributed by atoms with Crippen LogP contribution in [-0.2, 0) is 21.4 Å². The SMILES string of the molecule is Cc1ccsc1CNC(=O)C1CCCN1S(=O)(=O)c1ccccc1. The van der Waals surface area contributed by atoms with Crippen LogP contribution in [-0.4, -0.2) is 31.2 Å². The van der Waals surface area contributed by atoms with E-state index in [2.05, 4.69) is 5.32 Å². The zero-order chi connectivity index (χ0) is 17.2. The summed E-state index contributed by atoms with van der Waals surface area (Å²) in [5, 5.41) is 4.87. The zero-order valence-electron chi connectivity index (χ0n) is 13.4. The average molecular weight is 364 g/mol. The summed E-state index contributed by atoms with van der Waals surface area (Å²) in [6, 6.07) is 9.67. The number of thiophene rings is 1. The van der Waals surface area contributed by atoms with Gasteiger partial charge in [0, 0.05) is 11.4 Å². The molecule has 5 nitrogen and oxygen atoms in total. The molecular formula is C17H20N2O3S2. The Bertz CT molecular complexity index is 815. The number of amides is 1. The third-order valence-corrected chi connectivity index (χ3v) is 7.19. The fraction of sp³-hybridized carbons (Fsp3) is 0.353. The number of benzene rings is 1. The van der Waals surface area contributed by atoms with E-state index in [1.165, 1.54) is 4.31 Å². The first-order valence-corrected chi connectivity index (χ1v) is 10.2. The zero-order valence-corrected chi connectivity index (χ0v) is 15.1. The second-order valence-electron chi connectivity index (χ2n) is 5.83. The Labute approximate surface area is 146 Å². The first-order chi connectivity index (χ1) is 11.5. The topological polar surface area (TPSA) is 66.5 Å². The molecule has 2 heterocycles. The minimum atomic E-state index is -3.64. The molecule has 1 aliphatic heterocycles. The lowest BCUT2D eigenvalue weighted by Gasteiger charge is -2.23. The van der Waals surface area contributed by atoms with E-state index in [-0.39, 0.29) is 10.8 Å². The van der Waals surface area contributed by atoms with Gasteiger partial charge in [0.1, 0.15) is 6.04 Å². The molecule has 0 aliphatic carbocycles. The summed E-state index contributed by atoms with van der Waals surface area (Å²) >= 11 is 1.59. The van der Waals surface area contributed by atoms with Crippen LogP contribution in [0.5, 0.6) is 0 Å². The molecule has 0 spiro atoms. The largest absolute Gasteiger partial charge is 0.350 e. The highest BCUT2D eigenvalue weighted by atomic mass is 32.2. The van der Waals surface area contributed by atoms with Crippen molar-refractivity contribution in [2.24, 2.45) is 0 Å². The molecule has 1 atom stereocenters. The molecule has 1 aromatic heterocycles. The molecule has 1 unspecified atom stereocenters. The van der Waals surface area contributed by atoms with Gasteiger partial charge in [0.15, 0.2) is 0 Å². The van der Waals surface area contributed by atoms with E-state index in [1.54, 1.807) is 41.7 Å². The average Bonchev–Trinajstić information content (AvgIpc) is 3.23. The van der Waals surface area contributed by atoms with E-state index in [9.17, 15) is 13.2 Å². The Morgan fingerprint density at radius 1 is 1.29 bits per heavy atom. The van der Waals surface area contributed by atoms with Gasteiger partial charge >= 0.3 is 0 Å². The third kappa shape index (κ3) is 3.38. The van der Waals surface area contributed by atoms with Crippen molar-refractivity contribution in [2.75, 3.05) is 6.54 Å². The molecule has 1 aromatic carbocycles. The fourth-order valence-corrected chi connectivity index (χ4v) is 5.41. The van der Waals surface area contributed by atoms with Gasteiger partial charge in [-0.1, -0.05) is 18.2 Å². The lowest BCUT2D eigenvalue weighted by atomic mass is 10.2. The summed E-state index contributed by atoms with van der Waals surface area (Å²) in [7, 11) is -3.64. The molecule has 1 amide bonds.